The van der Waals surface area contributed by atoms with Gasteiger partial charge in [-0.15, -0.1) is 0 Å². The Morgan fingerprint density at radius 1 is 1.08 bits per heavy atom. The lowest BCUT2D eigenvalue weighted by molar-refractivity contribution is 0.0595. The number of hydrogen-bond acceptors (Lipinski definition) is 3. The van der Waals surface area contributed by atoms with Crippen LogP contribution in [-0.4, -0.2) is 19.0 Å². The number of amides is 1. The molecule has 9 heteroatoms. The molecule has 0 aliphatic carbocycles. The SMILES string of the molecule is COC(=O)c1cc(NC(=O)c2cc(Cl)cc(Cl)c2I)c(F)cc1F. The van der Waals surface area contributed by atoms with Crippen molar-refractivity contribution in [1.29, 1.82) is 0 Å². The molecular weight excluding hydrogens is 478 g/mol. The first-order valence-corrected chi connectivity index (χ1v) is 8.11. The van der Waals surface area contributed by atoms with Gasteiger partial charge in [-0.25, -0.2) is 13.6 Å². The van der Waals surface area contributed by atoms with Crippen molar-refractivity contribution < 1.29 is 23.1 Å². The number of benzene rings is 2. The first-order chi connectivity index (χ1) is 11.2. The summed E-state index contributed by atoms with van der Waals surface area (Å²) < 4.78 is 32.3. The van der Waals surface area contributed by atoms with Gasteiger partial charge in [-0.05, 0) is 40.8 Å². The van der Waals surface area contributed by atoms with Crippen LogP contribution in [0.15, 0.2) is 24.3 Å². The number of nitrogens with one attached hydrogen (secondary N) is 1. The Morgan fingerprint density at radius 3 is 2.38 bits per heavy atom. The van der Waals surface area contributed by atoms with Crippen LogP contribution in [0.1, 0.15) is 20.7 Å². The normalized spacial score (nSPS) is 10.4. The lowest BCUT2D eigenvalue weighted by atomic mass is 10.1. The van der Waals surface area contributed by atoms with Crippen molar-refractivity contribution in [3.8, 4) is 0 Å². The molecule has 0 aromatic heterocycles. The number of carbonyl (C=O) groups is 2. The maximum atomic E-state index is 13.9. The van der Waals surface area contributed by atoms with Crippen molar-refractivity contribution >= 4 is 63.4 Å². The van der Waals surface area contributed by atoms with E-state index in [4.69, 9.17) is 23.2 Å². The molecule has 0 radical (unpaired) electrons. The van der Waals surface area contributed by atoms with E-state index in [1.54, 1.807) is 0 Å². The van der Waals surface area contributed by atoms with E-state index < -0.39 is 29.1 Å². The van der Waals surface area contributed by atoms with Gasteiger partial charge in [-0.1, -0.05) is 23.2 Å². The van der Waals surface area contributed by atoms with E-state index in [0.29, 0.717) is 9.64 Å². The fourth-order valence-corrected chi connectivity index (χ4v) is 2.87. The smallest absolute Gasteiger partial charge is 0.340 e. The first kappa shape index (κ1) is 18.9. The standard InChI is InChI=1S/C15H8Cl2F2INO3/c1-24-15(23)7-4-12(11(19)5-10(7)18)21-14(22)8-2-6(16)3-9(17)13(8)20/h2-5H,1H3,(H,21,22). The van der Waals surface area contributed by atoms with Crippen LogP contribution < -0.4 is 5.32 Å². The van der Waals surface area contributed by atoms with E-state index in [9.17, 15) is 18.4 Å². The highest BCUT2D eigenvalue weighted by atomic mass is 127. The molecule has 0 bridgehead atoms. The molecule has 0 spiro atoms. The van der Waals surface area contributed by atoms with Crippen LogP contribution in [-0.2, 0) is 4.74 Å². The van der Waals surface area contributed by atoms with Crippen LogP contribution in [0.5, 0.6) is 0 Å². The van der Waals surface area contributed by atoms with E-state index >= 15 is 0 Å². The molecule has 0 aliphatic heterocycles. The van der Waals surface area contributed by atoms with Crippen molar-refractivity contribution in [1.82, 2.24) is 0 Å². The summed E-state index contributed by atoms with van der Waals surface area (Å²) in [4.78, 5) is 23.8. The second-order valence-corrected chi connectivity index (χ2v) is 6.43. The Morgan fingerprint density at radius 2 is 1.75 bits per heavy atom. The molecule has 0 aliphatic rings. The third kappa shape index (κ3) is 3.96. The summed E-state index contributed by atoms with van der Waals surface area (Å²) in [6.45, 7) is 0. The quantitative estimate of drug-likeness (QED) is 0.381. The fourth-order valence-electron chi connectivity index (χ4n) is 1.82. The number of halogens is 5. The van der Waals surface area contributed by atoms with Gasteiger partial charge in [0.25, 0.3) is 5.91 Å². The Labute approximate surface area is 159 Å². The van der Waals surface area contributed by atoms with Gasteiger partial charge < -0.3 is 10.1 Å². The summed E-state index contributed by atoms with van der Waals surface area (Å²) in [6, 6.07) is 4.15. The monoisotopic (exact) mass is 485 g/mol. The number of anilines is 1. The molecule has 0 saturated carbocycles. The zero-order valence-electron chi connectivity index (χ0n) is 11.9. The summed E-state index contributed by atoms with van der Waals surface area (Å²) in [5.41, 5.74) is -0.779. The second-order valence-electron chi connectivity index (χ2n) is 4.51. The summed E-state index contributed by atoms with van der Waals surface area (Å²) >= 11 is 13.6. The zero-order chi connectivity index (χ0) is 18.0. The third-order valence-electron chi connectivity index (χ3n) is 2.95. The minimum absolute atomic E-state index is 0.108. The Kier molecular flexibility index (Phi) is 6.00. The molecule has 0 saturated heterocycles. The number of hydrogen-bond donors (Lipinski definition) is 1. The van der Waals surface area contributed by atoms with Crippen LogP contribution in [0.2, 0.25) is 10.0 Å². The van der Waals surface area contributed by atoms with E-state index in [1.165, 1.54) is 12.1 Å². The maximum Gasteiger partial charge on any atom is 0.340 e. The van der Waals surface area contributed by atoms with Crippen molar-refractivity contribution in [3.63, 3.8) is 0 Å². The number of ether oxygens (including phenoxy) is 1. The highest BCUT2D eigenvalue weighted by Crippen LogP contribution is 2.28. The topological polar surface area (TPSA) is 55.4 Å². The number of carbonyl (C=O) groups excluding carboxylic acids is 2. The molecule has 2 aromatic rings. The molecular formula is C15H8Cl2F2INO3. The van der Waals surface area contributed by atoms with E-state index in [1.807, 2.05) is 22.6 Å². The van der Waals surface area contributed by atoms with E-state index in [-0.39, 0.29) is 21.3 Å². The van der Waals surface area contributed by atoms with Gasteiger partial charge >= 0.3 is 5.97 Å². The molecule has 0 unspecified atom stereocenters. The largest absolute Gasteiger partial charge is 0.465 e. The maximum absolute atomic E-state index is 13.9. The summed E-state index contributed by atoms with van der Waals surface area (Å²) in [6.07, 6.45) is 0. The van der Waals surface area contributed by atoms with Crippen LogP contribution in [0, 0.1) is 15.2 Å². The molecule has 126 valence electrons. The minimum Gasteiger partial charge on any atom is -0.465 e. The van der Waals surface area contributed by atoms with Gasteiger partial charge in [0.2, 0.25) is 0 Å². The molecule has 1 amide bonds. The molecule has 2 rings (SSSR count). The average Bonchev–Trinajstić information content (AvgIpc) is 2.52. The van der Waals surface area contributed by atoms with Gasteiger partial charge in [-0.3, -0.25) is 4.79 Å². The Hall–Kier alpha value is -1.45. The van der Waals surface area contributed by atoms with E-state index in [0.717, 1.165) is 13.2 Å². The third-order valence-corrected chi connectivity index (χ3v) is 4.95. The van der Waals surface area contributed by atoms with Crippen LogP contribution in [0.4, 0.5) is 14.5 Å². The fraction of sp³-hybridized carbons (Fsp3) is 0.0667. The molecule has 2 aromatic carbocycles. The first-order valence-electron chi connectivity index (χ1n) is 6.27. The predicted octanol–water partition coefficient (Wildman–Crippen LogP) is 4.92. The Bertz CT molecular complexity index is 846. The predicted molar refractivity (Wildman–Crippen MR) is 94.8 cm³/mol. The zero-order valence-corrected chi connectivity index (χ0v) is 15.6. The average molecular weight is 486 g/mol. The molecule has 4 nitrogen and oxygen atoms in total. The lowest BCUT2D eigenvalue weighted by Crippen LogP contribution is -2.16. The molecule has 1 N–H and O–H groups in total. The number of methoxy groups -OCH3 is 1. The molecule has 0 heterocycles. The van der Waals surface area contributed by atoms with Crippen molar-refractivity contribution in [2.24, 2.45) is 0 Å². The Balaban J connectivity index is 2.41. The summed E-state index contributed by atoms with van der Waals surface area (Å²) in [5.74, 6) is -3.86. The van der Waals surface area contributed by atoms with Crippen molar-refractivity contribution in [2.45, 2.75) is 0 Å². The van der Waals surface area contributed by atoms with Gasteiger partial charge in [0, 0.05) is 14.7 Å². The van der Waals surface area contributed by atoms with Gasteiger partial charge in [-0.2, -0.15) is 0 Å². The van der Waals surface area contributed by atoms with E-state index in [2.05, 4.69) is 10.1 Å². The van der Waals surface area contributed by atoms with Crippen LogP contribution >= 0.6 is 45.8 Å². The number of rotatable bonds is 3. The summed E-state index contributed by atoms with van der Waals surface area (Å²) in [5, 5.41) is 2.73. The van der Waals surface area contributed by atoms with Gasteiger partial charge in [0.15, 0.2) is 0 Å². The summed E-state index contributed by atoms with van der Waals surface area (Å²) in [7, 11) is 1.06. The lowest BCUT2D eigenvalue weighted by Gasteiger charge is -2.11. The second kappa shape index (κ2) is 7.62. The van der Waals surface area contributed by atoms with Crippen LogP contribution in [0.3, 0.4) is 0 Å². The minimum atomic E-state index is -1.10. The van der Waals surface area contributed by atoms with Crippen LogP contribution in [0.25, 0.3) is 0 Å². The molecule has 0 fully saturated rings. The number of esters is 1. The highest BCUT2D eigenvalue weighted by molar-refractivity contribution is 14.1. The van der Waals surface area contributed by atoms with Gasteiger partial charge in [0.05, 0.1) is 28.9 Å². The highest BCUT2D eigenvalue weighted by Gasteiger charge is 2.20. The van der Waals surface area contributed by atoms with Gasteiger partial charge in [0.1, 0.15) is 11.6 Å². The molecule has 24 heavy (non-hydrogen) atoms. The molecule has 0 atom stereocenters. The van der Waals surface area contributed by atoms with Crippen molar-refractivity contribution in [2.75, 3.05) is 12.4 Å². The van der Waals surface area contributed by atoms with Crippen molar-refractivity contribution in [3.05, 3.63) is 60.6 Å².